The molecule has 0 saturated carbocycles. The SMILES string of the molecule is O=C1NS(=O)(=O)c2ccccc21.[Po]. The van der Waals surface area contributed by atoms with Gasteiger partial charge in [-0.1, -0.05) is 12.1 Å². The monoisotopic (exact) mass is 392 g/mol. The van der Waals surface area contributed by atoms with Gasteiger partial charge in [0.2, 0.25) is 0 Å². The summed E-state index contributed by atoms with van der Waals surface area (Å²) in [5, 5.41) is 0. The Morgan fingerprint density at radius 1 is 1.15 bits per heavy atom. The Balaban J connectivity index is 0.000000845. The van der Waals surface area contributed by atoms with Gasteiger partial charge in [-0.3, -0.25) is 4.79 Å². The van der Waals surface area contributed by atoms with E-state index < -0.39 is 15.9 Å². The molecule has 0 spiro atoms. The molecule has 1 aromatic rings. The van der Waals surface area contributed by atoms with Crippen molar-refractivity contribution in [3.63, 3.8) is 0 Å². The van der Waals surface area contributed by atoms with Crippen molar-refractivity contribution in [2.75, 3.05) is 0 Å². The van der Waals surface area contributed by atoms with Crippen molar-refractivity contribution in [1.29, 1.82) is 0 Å². The minimum Gasteiger partial charge on any atom is -0.268 e. The Bertz CT molecular complexity index is 455. The molecular formula is C7H5NO3PoS. The van der Waals surface area contributed by atoms with E-state index in [-0.39, 0.29) is 37.0 Å². The molecule has 1 aliphatic rings. The van der Waals surface area contributed by atoms with Crippen LogP contribution < -0.4 is 4.72 Å². The summed E-state index contributed by atoms with van der Waals surface area (Å²) in [5.74, 6) is -0.550. The van der Waals surface area contributed by atoms with Gasteiger partial charge in [0.05, 0.1) is 5.56 Å². The summed E-state index contributed by atoms with van der Waals surface area (Å²) in [4.78, 5) is 11.1. The third kappa shape index (κ3) is 1.61. The number of rotatable bonds is 0. The molecule has 2 rings (SSSR count). The van der Waals surface area contributed by atoms with E-state index in [1.807, 2.05) is 4.72 Å². The molecule has 1 amide bonds. The zero-order chi connectivity index (χ0) is 8.77. The smallest absolute Gasteiger partial charge is 0.266 e. The first-order valence-corrected chi connectivity index (χ1v) is 4.76. The van der Waals surface area contributed by atoms with Crippen LogP contribution in [-0.4, -0.2) is 40.9 Å². The van der Waals surface area contributed by atoms with Crippen molar-refractivity contribution in [2.45, 2.75) is 4.90 Å². The van der Waals surface area contributed by atoms with Crippen LogP contribution in [0.15, 0.2) is 29.2 Å². The van der Waals surface area contributed by atoms with Crippen molar-refractivity contribution in [3.8, 4) is 0 Å². The molecule has 0 saturated heterocycles. The van der Waals surface area contributed by atoms with E-state index in [1.54, 1.807) is 12.1 Å². The van der Waals surface area contributed by atoms with Crippen molar-refractivity contribution < 1.29 is 13.2 Å². The number of hydrogen-bond donors (Lipinski definition) is 1. The first-order chi connectivity index (χ1) is 5.61. The van der Waals surface area contributed by atoms with Crippen LogP contribution in [-0.2, 0) is 10.0 Å². The van der Waals surface area contributed by atoms with Gasteiger partial charge in [-0.2, -0.15) is 0 Å². The molecule has 1 heterocycles. The summed E-state index contributed by atoms with van der Waals surface area (Å²) in [6, 6.07) is 6.09. The Hall–Kier alpha value is -0.464. The number of nitrogens with one attached hydrogen (secondary N) is 1. The fraction of sp³-hybridized carbons (Fsp3) is 0. The van der Waals surface area contributed by atoms with Crippen LogP contribution in [0, 0.1) is 0 Å². The number of fused-ring (bicyclic) bond motifs is 1. The molecule has 1 aromatic carbocycles. The third-order valence-electron chi connectivity index (χ3n) is 1.65. The largest absolute Gasteiger partial charge is 0.268 e. The topological polar surface area (TPSA) is 63.2 Å². The molecule has 13 heavy (non-hydrogen) atoms. The second-order valence-corrected chi connectivity index (χ2v) is 4.08. The van der Waals surface area contributed by atoms with Crippen LogP contribution in [0.25, 0.3) is 0 Å². The molecule has 1 N–H and O–H groups in total. The Kier molecular flexibility index (Phi) is 2.74. The minimum atomic E-state index is -3.55. The van der Waals surface area contributed by atoms with E-state index in [0.717, 1.165) is 0 Å². The van der Waals surface area contributed by atoms with Crippen LogP contribution >= 0.6 is 0 Å². The minimum absolute atomic E-state index is 0. The molecule has 2 radical (unpaired) electrons. The van der Waals surface area contributed by atoms with E-state index in [2.05, 4.69) is 0 Å². The molecule has 68 valence electrons. The molecule has 0 fully saturated rings. The molecule has 6 heteroatoms. The summed E-state index contributed by atoms with van der Waals surface area (Å²) < 4.78 is 24.2. The second-order valence-electron chi connectivity index (χ2n) is 2.43. The molecule has 4 nitrogen and oxygen atoms in total. The standard InChI is InChI=1S/C7H5NO3S.Po/c9-7-5-3-1-2-4-6(5)12(10,11)8-7;/h1-4H,(H,8,9);. The van der Waals surface area contributed by atoms with Gasteiger partial charge in [-0.25, -0.2) is 13.1 Å². The average molecular weight is 392 g/mol. The quantitative estimate of drug-likeness (QED) is 0.662. The van der Waals surface area contributed by atoms with Crippen LogP contribution in [0.3, 0.4) is 0 Å². The van der Waals surface area contributed by atoms with Crippen LogP contribution in [0.5, 0.6) is 0 Å². The number of amides is 1. The molecule has 0 aliphatic carbocycles. The first kappa shape index (κ1) is 10.6. The predicted octanol–water partition coefficient (Wildman–Crippen LogP) is -0.262. The number of carbonyl (C=O) groups excluding carboxylic acids is 1. The first-order valence-electron chi connectivity index (χ1n) is 3.27. The number of benzene rings is 1. The van der Waals surface area contributed by atoms with Gasteiger partial charge in [-0.15, -0.1) is 0 Å². The van der Waals surface area contributed by atoms with E-state index in [0.29, 0.717) is 0 Å². The van der Waals surface area contributed by atoms with Gasteiger partial charge in [0.1, 0.15) is 4.90 Å². The van der Waals surface area contributed by atoms with Gasteiger partial charge in [0, 0.05) is 26.6 Å². The molecule has 0 unspecified atom stereocenters. The molecule has 0 atom stereocenters. The van der Waals surface area contributed by atoms with E-state index >= 15 is 0 Å². The van der Waals surface area contributed by atoms with Crippen molar-refractivity contribution in [1.82, 2.24) is 4.72 Å². The Labute approximate surface area is 94.9 Å². The van der Waals surface area contributed by atoms with E-state index in [1.165, 1.54) is 12.1 Å². The van der Waals surface area contributed by atoms with Gasteiger partial charge in [-0.05, 0) is 12.1 Å². The summed E-state index contributed by atoms with van der Waals surface area (Å²) in [7, 11) is -3.55. The third-order valence-corrected chi connectivity index (χ3v) is 3.04. The fourth-order valence-electron chi connectivity index (χ4n) is 1.12. The summed E-state index contributed by atoms with van der Waals surface area (Å²) in [6.07, 6.45) is 0. The predicted molar refractivity (Wildman–Crippen MR) is 46.8 cm³/mol. The van der Waals surface area contributed by atoms with E-state index in [9.17, 15) is 13.2 Å². The van der Waals surface area contributed by atoms with Crippen molar-refractivity contribution in [3.05, 3.63) is 29.8 Å². The molecular weight excluding hydrogens is 387 g/mol. The molecule has 0 bridgehead atoms. The molecule has 1 aliphatic heterocycles. The normalized spacial score (nSPS) is 17.1. The second kappa shape index (κ2) is 3.36. The van der Waals surface area contributed by atoms with Crippen LogP contribution in [0.1, 0.15) is 10.4 Å². The van der Waals surface area contributed by atoms with Crippen molar-refractivity contribution in [2.24, 2.45) is 0 Å². The zero-order valence-corrected chi connectivity index (χ0v) is 10.3. The number of sulfonamides is 1. The summed E-state index contributed by atoms with van der Waals surface area (Å²) in [5.41, 5.74) is 0.220. The number of carbonyl (C=O) groups is 1. The molecule has 0 aromatic heterocycles. The Morgan fingerprint density at radius 2 is 1.77 bits per heavy atom. The maximum absolute atomic E-state index is 11.1. The van der Waals surface area contributed by atoms with Crippen LogP contribution in [0.2, 0.25) is 0 Å². The van der Waals surface area contributed by atoms with Gasteiger partial charge in [0.15, 0.2) is 0 Å². The fourth-order valence-corrected chi connectivity index (χ4v) is 2.29. The van der Waals surface area contributed by atoms with E-state index in [4.69, 9.17) is 0 Å². The zero-order valence-electron chi connectivity index (χ0n) is 6.35. The van der Waals surface area contributed by atoms with Crippen LogP contribution in [0.4, 0.5) is 0 Å². The summed E-state index contributed by atoms with van der Waals surface area (Å²) >= 11 is 0. The van der Waals surface area contributed by atoms with Gasteiger partial charge < -0.3 is 0 Å². The van der Waals surface area contributed by atoms with Gasteiger partial charge >= 0.3 is 0 Å². The van der Waals surface area contributed by atoms with Gasteiger partial charge in [0.25, 0.3) is 15.9 Å². The number of hydrogen-bond acceptors (Lipinski definition) is 3. The summed E-state index contributed by atoms with van der Waals surface area (Å²) in [6.45, 7) is 0. The maximum atomic E-state index is 11.1. The maximum Gasteiger partial charge on any atom is 0.266 e. The average Bonchev–Trinajstić information content (AvgIpc) is 2.25. The Morgan fingerprint density at radius 3 is 2.38 bits per heavy atom. The van der Waals surface area contributed by atoms with Crippen molar-refractivity contribution >= 4 is 42.5 Å².